The summed E-state index contributed by atoms with van der Waals surface area (Å²) in [6.45, 7) is 4.97. The van der Waals surface area contributed by atoms with E-state index in [0.717, 1.165) is 43.1 Å². The summed E-state index contributed by atoms with van der Waals surface area (Å²) in [5, 5.41) is 8.61. The zero-order valence-electron chi connectivity index (χ0n) is 15.1. The zero-order chi connectivity index (χ0) is 18.0. The Balaban J connectivity index is 1.40. The first-order valence-corrected chi connectivity index (χ1v) is 9.20. The van der Waals surface area contributed by atoms with Gasteiger partial charge in [-0.05, 0) is 25.0 Å². The van der Waals surface area contributed by atoms with E-state index in [2.05, 4.69) is 10.3 Å². The fourth-order valence-corrected chi connectivity index (χ4v) is 3.66. The lowest BCUT2D eigenvalue weighted by Crippen LogP contribution is -2.52. The normalized spacial score (nSPS) is 18.6. The third-order valence-corrected chi connectivity index (χ3v) is 5.32. The van der Waals surface area contributed by atoms with Gasteiger partial charge in [-0.3, -0.25) is 4.79 Å². The molecular weight excluding hydrogens is 332 g/mol. The number of aromatic nitrogens is 3. The van der Waals surface area contributed by atoms with E-state index in [1.54, 1.807) is 0 Å². The molecule has 1 amide bonds. The quantitative estimate of drug-likeness (QED) is 0.840. The molecule has 0 radical (unpaired) electrons. The molecule has 2 aliphatic heterocycles. The summed E-state index contributed by atoms with van der Waals surface area (Å²) in [6.07, 6.45) is 2.24. The second-order valence-corrected chi connectivity index (χ2v) is 6.95. The third kappa shape index (κ3) is 3.31. The minimum absolute atomic E-state index is 0.220. The number of hydrogen-bond donors (Lipinski definition) is 0. The number of ether oxygens (including phenoxy) is 2. The molecule has 0 aliphatic carbocycles. The van der Waals surface area contributed by atoms with Crippen molar-refractivity contribution >= 4 is 5.91 Å². The second kappa shape index (κ2) is 7.07. The number of para-hydroxylation sites is 1. The highest BCUT2D eigenvalue weighted by Crippen LogP contribution is 2.33. The average molecular weight is 356 g/mol. The lowest BCUT2D eigenvalue weighted by molar-refractivity contribution is -0.145. The smallest absolute Gasteiger partial charge is 0.222 e. The fourth-order valence-electron chi connectivity index (χ4n) is 3.66. The number of carbonyl (C=O) groups is 1. The Hall–Kier alpha value is -2.41. The maximum atomic E-state index is 11.9. The van der Waals surface area contributed by atoms with Crippen LogP contribution in [0.5, 0.6) is 5.75 Å². The van der Waals surface area contributed by atoms with Crippen LogP contribution >= 0.6 is 0 Å². The van der Waals surface area contributed by atoms with Gasteiger partial charge in [-0.2, -0.15) is 0 Å². The Kier molecular flexibility index (Phi) is 4.63. The summed E-state index contributed by atoms with van der Waals surface area (Å²) in [4.78, 5) is 13.8. The first-order chi connectivity index (χ1) is 12.7. The number of hydrogen-bond acceptors (Lipinski definition) is 5. The highest BCUT2D eigenvalue weighted by atomic mass is 16.5. The summed E-state index contributed by atoms with van der Waals surface area (Å²) in [7, 11) is 0. The molecule has 0 N–H and O–H groups in total. The Morgan fingerprint density at radius 1 is 1.27 bits per heavy atom. The molecule has 1 aromatic heterocycles. The van der Waals surface area contributed by atoms with Gasteiger partial charge in [0, 0.05) is 19.5 Å². The van der Waals surface area contributed by atoms with Crippen molar-refractivity contribution in [2.75, 3.05) is 13.1 Å². The van der Waals surface area contributed by atoms with E-state index in [1.807, 2.05) is 46.8 Å². The van der Waals surface area contributed by atoms with Gasteiger partial charge < -0.3 is 14.4 Å². The number of likely N-dealkylation sites (tertiary alicyclic amines) is 1. The number of carbonyl (C=O) groups excluding carboxylic acids is 1. The van der Waals surface area contributed by atoms with Gasteiger partial charge in [0.1, 0.15) is 18.1 Å². The van der Waals surface area contributed by atoms with Crippen molar-refractivity contribution < 1.29 is 14.3 Å². The van der Waals surface area contributed by atoms with Crippen LogP contribution in [-0.2, 0) is 29.3 Å². The molecule has 2 aromatic rings. The van der Waals surface area contributed by atoms with Crippen LogP contribution in [-0.4, -0.2) is 44.5 Å². The second-order valence-electron chi connectivity index (χ2n) is 6.95. The monoisotopic (exact) mass is 356 g/mol. The molecule has 2 aliphatic rings. The highest BCUT2D eigenvalue weighted by molar-refractivity contribution is 5.75. The van der Waals surface area contributed by atoms with Gasteiger partial charge >= 0.3 is 0 Å². The van der Waals surface area contributed by atoms with Crippen LogP contribution in [0.1, 0.15) is 37.6 Å². The van der Waals surface area contributed by atoms with Crippen molar-refractivity contribution in [2.24, 2.45) is 0 Å². The van der Waals surface area contributed by atoms with Gasteiger partial charge in [-0.15, -0.1) is 5.10 Å². The molecule has 138 valence electrons. The lowest BCUT2D eigenvalue weighted by atomic mass is 9.89. The Morgan fingerprint density at radius 3 is 2.77 bits per heavy atom. The SMILES string of the molecule is CCC(=O)N1CCC2(CC1)Cn1nnc(COc3ccccc3)c1CO2. The molecule has 0 saturated carbocycles. The van der Waals surface area contributed by atoms with E-state index in [-0.39, 0.29) is 11.5 Å². The van der Waals surface area contributed by atoms with Crippen molar-refractivity contribution in [2.45, 2.75) is 51.5 Å². The van der Waals surface area contributed by atoms with Gasteiger partial charge in [-0.1, -0.05) is 30.3 Å². The van der Waals surface area contributed by atoms with Crippen molar-refractivity contribution in [1.29, 1.82) is 0 Å². The predicted molar refractivity (Wildman–Crippen MR) is 94.4 cm³/mol. The van der Waals surface area contributed by atoms with Crippen LogP contribution in [0.2, 0.25) is 0 Å². The Labute approximate surface area is 152 Å². The highest BCUT2D eigenvalue weighted by Gasteiger charge is 2.41. The van der Waals surface area contributed by atoms with E-state index >= 15 is 0 Å². The molecule has 4 rings (SSSR count). The number of benzene rings is 1. The summed E-state index contributed by atoms with van der Waals surface area (Å²) < 4.78 is 14.0. The fraction of sp³-hybridized carbons (Fsp3) is 0.526. The molecule has 7 nitrogen and oxygen atoms in total. The topological polar surface area (TPSA) is 69.5 Å². The van der Waals surface area contributed by atoms with Gasteiger partial charge in [0.2, 0.25) is 5.91 Å². The van der Waals surface area contributed by atoms with Gasteiger partial charge in [0.05, 0.1) is 24.4 Å². The minimum Gasteiger partial charge on any atom is -0.487 e. The van der Waals surface area contributed by atoms with E-state index in [9.17, 15) is 4.79 Å². The average Bonchev–Trinajstić information content (AvgIpc) is 3.09. The van der Waals surface area contributed by atoms with Crippen LogP contribution in [0, 0.1) is 0 Å². The molecule has 26 heavy (non-hydrogen) atoms. The maximum Gasteiger partial charge on any atom is 0.222 e. The number of amides is 1. The molecule has 1 aromatic carbocycles. The van der Waals surface area contributed by atoms with Crippen molar-refractivity contribution in [3.8, 4) is 5.75 Å². The Bertz CT molecular complexity index is 766. The summed E-state index contributed by atoms with van der Waals surface area (Å²) in [5.74, 6) is 1.04. The number of rotatable bonds is 4. The third-order valence-electron chi connectivity index (χ3n) is 5.32. The molecular formula is C19H24N4O3. The predicted octanol–water partition coefficient (Wildman–Crippen LogP) is 2.16. The first-order valence-electron chi connectivity index (χ1n) is 9.20. The van der Waals surface area contributed by atoms with E-state index < -0.39 is 0 Å². The van der Waals surface area contributed by atoms with Crippen LogP contribution in [0.4, 0.5) is 0 Å². The first kappa shape index (κ1) is 17.0. The lowest BCUT2D eigenvalue weighted by Gasteiger charge is -2.43. The number of nitrogens with zero attached hydrogens (tertiary/aromatic N) is 4. The summed E-state index contributed by atoms with van der Waals surface area (Å²) in [6, 6.07) is 9.69. The van der Waals surface area contributed by atoms with Crippen LogP contribution in [0.3, 0.4) is 0 Å². The molecule has 1 fully saturated rings. The molecule has 1 spiro atoms. The van der Waals surface area contributed by atoms with E-state index in [4.69, 9.17) is 9.47 Å². The van der Waals surface area contributed by atoms with Crippen LogP contribution in [0.25, 0.3) is 0 Å². The van der Waals surface area contributed by atoms with Crippen molar-refractivity contribution in [3.05, 3.63) is 41.7 Å². The van der Waals surface area contributed by atoms with E-state index in [1.165, 1.54) is 0 Å². The summed E-state index contributed by atoms with van der Waals surface area (Å²) in [5.41, 5.74) is 1.57. The molecule has 0 bridgehead atoms. The number of piperidine rings is 1. The van der Waals surface area contributed by atoms with Gasteiger partial charge in [-0.25, -0.2) is 4.68 Å². The number of fused-ring (bicyclic) bond motifs is 1. The molecule has 3 heterocycles. The zero-order valence-corrected chi connectivity index (χ0v) is 15.1. The minimum atomic E-state index is -0.233. The standard InChI is InChI=1S/C19H24N4O3/c1-2-18(24)22-10-8-19(9-11-22)14-23-17(13-26-19)16(20-21-23)12-25-15-6-4-3-5-7-15/h3-7H,2,8-14H2,1H3. The largest absolute Gasteiger partial charge is 0.487 e. The van der Waals surface area contributed by atoms with Crippen molar-refractivity contribution in [1.82, 2.24) is 19.9 Å². The van der Waals surface area contributed by atoms with Crippen LogP contribution in [0.15, 0.2) is 30.3 Å². The molecule has 1 saturated heterocycles. The van der Waals surface area contributed by atoms with Crippen LogP contribution < -0.4 is 4.74 Å². The van der Waals surface area contributed by atoms with E-state index in [0.29, 0.717) is 26.2 Å². The Morgan fingerprint density at radius 2 is 2.04 bits per heavy atom. The summed E-state index contributed by atoms with van der Waals surface area (Å²) >= 11 is 0. The maximum absolute atomic E-state index is 11.9. The molecule has 0 atom stereocenters. The molecule has 0 unspecified atom stereocenters. The molecule has 7 heteroatoms. The van der Waals surface area contributed by atoms with Gasteiger partial charge in [0.15, 0.2) is 0 Å². The van der Waals surface area contributed by atoms with Crippen molar-refractivity contribution in [3.63, 3.8) is 0 Å². The van der Waals surface area contributed by atoms with Gasteiger partial charge in [0.25, 0.3) is 0 Å².